The lowest BCUT2D eigenvalue weighted by atomic mass is 10.2. The number of methoxy groups -OCH3 is 1. The van der Waals surface area contributed by atoms with Crippen LogP contribution in [0.4, 0.5) is 5.69 Å². The molecule has 19 heavy (non-hydrogen) atoms. The van der Waals surface area contributed by atoms with Crippen LogP contribution in [-0.2, 0) is 0 Å². The zero-order chi connectivity index (χ0) is 13.8. The minimum atomic E-state index is 0.435. The standard InChI is InChI=1S/C14H11BrN2O2/c1-18-11-3-5-14(12(17)7-11)19-13-4-2-10(15)6-9(13)8-16/h2-7H,17H2,1H3. The molecule has 0 fully saturated rings. The Morgan fingerprint density at radius 2 is 1.89 bits per heavy atom. The van der Waals surface area contributed by atoms with Gasteiger partial charge in [0.1, 0.15) is 17.6 Å². The summed E-state index contributed by atoms with van der Waals surface area (Å²) in [6.07, 6.45) is 0. The Morgan fingerprint density at radius 1 is 1.16 bits per heavy atom. The van der Waals surface area contributed by atoms with Gasteiger partial charge in [0, 0.05) is 10.5 Å². The predicted octanol–water partition coefficient (Wildman–Crippen LogP) is 3.70. The maximum atomic E-state index is 9.07. The molecule has 0 aliphatic rings. The van der Waals surface area contributed by atoms with Crippen LogP contribution >= 0.6 is 15.9 Å². The van der Waals surface area contributed by atoms with Gasteiger partial charge < -0.3 is 15.2 Å². The Morgan fingerprint density at radius 3 is 2.53 bits per heavy atom. The first-order chi connectivity index (χ1) is 9.13. The molecule has 0 aliphatic heterocycles. The van der Waals surface area contributed by atoms with Gasteiger partial charge in [-0.2, -0.15) is 5.26 Å². The van der Waals surface area contributed by atoms with Crippen molar-refractivity contribution < 1.29 is 9.47 Å². The van der Waals surface area contributed by atoms with Crippen LogP contribution in [-0.4, -0.2) is 7.11 Å². The third kappa shape index (κ3) is 2.98. The first-order valence-electron chi connectivity index (χ1n) is 5.45. The summed E-state index contributed by atoms with van der Waals surface area (Å²) in [5, 5.41) is 9.07. The molecule has 0 aliphatic carbocycles. The van der Waals surface area contributed by atoms with Gasteiger partial charge in [-0.1, -0.05) is 15.9 Å². The average molecular weight is 319 g/mol. The lowest BCUT2D eigenvalue weighted by Gasteiger charge is -2.11. The molecule has 96 valence electrons. The summed E-state index contributed by atoms with van der Waals surface area (Å²) in [4.78, 5) is 0. The normalized spacial score (nSPS) is 9.74. The van der Waals surface area contributed by atoms with Crippen LogP contribution in [0, 0.1) is 11.3 Å². The highest BCUT2D eigenvalue weighted by atomic mass is 79.9. The smallest absolute Gasteiger partial charge is 0.150 e. The summed E-state index contributed by atoms with van der Waals surface area (Å²) < 4.78 is 11.5. The Balaban J connectivity index is 2.34. The van der Waals surface area contributed by atoms with Crippen LogP contribution in [0.2, 0.25) is 0 Å². The Labute approximate surface area is 119 Å². The second kappa shape index (κ2) is 5.63. The Kier molecular flexibility index (Phi) is 3.93. The largest absolute Gasteiger partial charge is 0.497 e. The van der Waals surface area contributed by atoms with E-state index < -0.39 is 0 Å². The van der Waals surface area contributed by atoms with Gasteiger partial charge in [-0.3, -0.25) is 0 Å². The highest BCUT2D eigenvalue weighted by Gasteiger charge is 2.08. The van der Waals surface area contributed by atoms with Crippen molar-refractivity contribution in [1.82, 2.24) is 0 Å². The third-order valence-electron chi connectivity index (χ3n) is 2.50. The molecule has 0 spiro atoms. The summed E-state index contributed by atoms with van der Waals surface area (Å²) in [6.45, 7) is 0. The molecule has 0 heterocycles. The van der Waals surface area contributed by atoms with Crippen molar-refractivity contribution in [2.45, 2.75) is 0 Å². The quantitative estimate of drug-likeness (QED) is 0.876. The molecular weight excluding hydrogens is 308 g/mol. The molecule has 2 aromatic rings. The topological polar surface area (TPSA) is 68.3 Å². The fourth-order valence-electron chi connectivity index (χ4n) is 1.54. The van der Waals surface area contributed by atoms with E-state index in [4.69, 9.17) is 20.5 Å². The van der Waals surface area contributed by atoms with Gasteiger partial charge in [0.15, 0.2) is 5.75 Å². The molecule has 2 aromatic carbocycles. The molecule has 0 amide bonds. The number of nitrogens with two attached hydrogens (primary N) is 1. The number of rotatable bonds is 3. The summed E-state index contributed by atoms with van der Waals surface area (Å²) in [7, 11) is 1.57. The van der Waals surface area contributed by atoms with Crippen LogP contribution < -0.4 is 15.2 Å². The van der Waals surface area contributed by atoms with Crippen molar-refractivity contribution in [3.8, 4) is 23.3 Å². The maximum Gasteiger partial charge on any atom is 0.150 e. The molecule has 0 unspecified atom stereocenters. The predicted molar refractivity (Wildman–Crippen MR) is 76.3 cm³/mol. The number of ether oxygens (including phenoxy) is 2. The number of nitrogens with zero attached hydrogens (tertiary/aromatic N) is 1. The van der Waals surface area contributed by atoms with Crippen LogP contribution in [0.3, 0.4) is 0 Å². The monoisotopic (exact) mass is 318 g/mol. The SMILES string of the molecule is COc1ccc(Oc2ccc(Br)cc2C#N)c(N)c1. The number of hydrogen-bond acceptors (Lipinski definition) is 4. The van der Waals surface area contributed by atoms with Crippen molar-refractivity contribution in [1.29, 1.82) is 5.26 Å². The number of hydrogen-bond donors (Lipinski definition) is 1. The zero-order valence-electron chi connectivity index (χ0n) is 10.2. The number of anilines is 1. The maximum absolute atomic E-state index is 9.07. The molecule has 0 saturated heterocycles. The molecule has 0 radical (unpaired) electrons. The van der Waals surface area contributed by atoms with E-state index >= 15 is 0 Å². The first kappa shape index (κ1) is 13.2. The molecule has 2 rings (SSSR count). The Hall–Kier alpha value is -2.19. The molecule has 0 atom stereocenters. The van der Waals surface area contributed by atoms with Crippen molar-refractivity contribution >= 4 is 21.6 Å². The molecule has 4 nitrogen and oxygen atoms in total. The summed E-state index contributed by atoms with van der Waals surface area (Å²) in [6, 6.07) is 12.4. The van der Waals surface area contributed by atoms with Gasteiger partial charge in [-0.05, 0) is 30.3 Å². The van der Waals surface area contributed by atoms with Gasteiger partial charge in [0.2, 0.25) is 0 Å². The lowest BCUT2D eigenvalue weighted by molar-refractivity contribution is 0.413. The molecule has 0 aromatic heterocycles. The minimum Gasteiger partial charge on any atom is -0.497 e. The van der Waals surface area contributed by atoms with Gasteiger partial charge in [-0.25, -0.2) is 0 Å². The molecule has 0 saturated carbocycles. The average Bonchev–Trinajstić information content (AvgIpc) is 2.42. The van der Waals surface area contributed by atoms with E-state index in [2.05, 4.69) is 22.0 Å². The summed E-state index contributed by atoms with van der Waals surface area (Å²) in [5.74, 6) is 1.60. The van der Waals surface area contributed by atoms with E-state index in [0.717, 1.165) is 4.47 Å². The molecule has 5 heteroatoms. The van der Waals surface area contributed by atoms with E-state index in [-0.39, 0.29) is 0 Å². The van der Waals surface area contributed by atoms with E-state index in [9.17, 15) is 0 Å². The van der Waals surface area contributed by atoms with Crippen LogP contribution in [0.5, 0.6) is 17.2 Å². The van der Waals surface area contributed by atoms with E-state index in [1.54, 1.807) is 43.5 Å². The van der Waals surface area contributed by atoms with Crippen molar-refractivity contribution in [3.63, 3.8) is 0 Å². The Bertz CT molecular complexity index is 650. The fraction of sp³-hybridized carbons (Fsp3) is 0.0714. The first-order valence-corrected chi connectivity index (χ1v) is 6.24. The van der Waals surface area contributed by atoms with Crippen LogP contribution in [0.15, 0.2) is 40.9 Å². The van der Waals surface area contributed by atoms with E-state index in [1.165, 1.54) is 0 Å². The summed E-state index contributed by atoms with van der Waals surface area (Å²) >= 11 is 3.31. The molecular formula is C14H11BrN2O2. The number of benzene rings is 2. The number of nitriles is 1. The molecule has 0 bridgehead atoms. The second-order valence-electron chi connectivity index (χ2n) is 3.76. The lowest BCUT2D eigenvalue weighted by Crippen LogP contribution is -1.95. The third-order valence-corrected chi connectivity index (χ3v) is 2.99. The fourth-order valence-corrected chi connectivity index (χ4v) is 1.90. The number of halogens is 1. The highest BCUT2D eigenvalue weighted by Crippen LogP contribution is 2.33. The second-order valence-corrected chi connectivity index (χ2v) is 4.67. The van der Waals surface area contributed by atoms with Gasteiger partial charge in [-0.15, -0.1) is 0 Å². The highest BCUT2D eigenvalue weighted by molar-refractivity contribution is 9.10. The summed E-state index contributed by atoms with van der Waals surface area (Å²) in [5.41, 5.74) is 6.75. The zero-order valence-corrected chi connectivity index (χ0v) is 11.8. The van der Waals surface area contributed by atoms with Gasteiger partial charge >= 0.3 is 0 Å². The van der Waals surface area contributed by atoms with Crippen LogP contribution in [0.25, 0.3) is 0 Å². The minimum absolute atomic E-state index is 0.435. The van der Waals surface area contributed by atoms with Crippen molar-refractivity contribution in [3.05, 3.63) is 46.4 Å². The molecule has 2 N–H and O–H groups in total. The van der Waals surface area contributed by atoms with Crippen LogP contribution in [0.1, 0.15) is 5.56 Å². The van der Waals surface area contributed by atoms with Gasteiger partial charge in [0.05, 0.1) is 18.4 Å². The van der Waals surface area contributed by atoms with Crippen molar-refractivity contribution in [2.24, 2.45) is 0 Å². The number of nitrogen functional groups attached to an aromatic ring is 1. The van der Waals surface area contributed by atoms with E-state index in [0.29, 0.717) is 28.5 Å². The van der Waals surface area contributed by atoms with Crippen molar-refractivity contribution in [2.75, 3.05) is 12.8 Å². The van der Waals surface area contributed by atoms with E-state index in [1.807, 2.05) is 0 Å². The van der Waals surface area contributed by atoms with Gasteiger partial charge in [0.25, 0.3) is 0 Å².